The number of benzene rings is 2. The van der Waals surface area contributed by atoms with Gasteiger partial charge in [-0.25, -0.2) is 0 Å². The molecule has 0 aliphatic heterocycles. The summed E-state index contributed by atoms with van der Waals surface area (Å²) in [7, 11) is 0. The Kier molecular flexibility index (Phi) is 3.64. The van der Waals surface area contributed by atoms with E-state index in [1.807, 2.05) is 11.8 Å². The maximum Gasteiger partial charge on any atom is 0.00783 e. The molecule has 1 nitrogen and oxygen atoms in total. The van der Waals surface area contributed by atoms with Crippen LogP contribution < -0.4 is 5.73 Å². The van der Waals surface area contributed by atoms with Crippen LogP contribution in [-0.4, -0.2) is 12.3 Å². The van der Waals surface area contributed by atoms with Gasteiger partial charge in [0.05, 0.1) is 0 Å². The van der Waals surface area contributed by atoms with Gasteiger partial charge in [-0.05, 0) is 41.6 Å². The van der Waals surface area contributed by atoms with Crippen LogP contribution >= 0.6 is 11.8 Å². The summed E-state index contributed by atoms with van der Waals surface area (Å²) in [5.74, 6) is 1.11. The van der Waals surface area contributed by atoms with Crippen LogP contribution in [-0.2, 0) is 0 Å². The third-order valence-corrected chi connectivity index (χ3v) is 3.42. The maximum atomic E-state index is 5.47. The standard InChI is InChI=1S/C13H15NS/c14-8-3-9-15-13-7-6-11-4-1-2-5-12(11)10-13/h1-2,4-7,10H,3,8-9,14H2. The van der Waals surface area contributed by atoms with E-state index in [2.05, 4.69) is 42.5 Å². The summed E-state index contributed by atoms with van der Waals surface area (Å²) < 4.78 is 0. The smallest absolute Gasteiger partial charge is 0.00783 e. The average Bonchev–Trinajstić information content (AvgIpc) is 2.29. The van der Waals surface area contributed by atoms with E-state index in [1.54, 1.807) is 0 Å². The highest BCUT2D eigenvalue weighted by atomic mass is 32.2. The molecule has 0 aliphatic rings. The monoisotopic (exact) mass is 217 g/mol. The Hall–Kier alpha value is -0.990. The second-order valence-electron chi connectivity index (χ2n) is 3.50. The van der Waals surface area contributed by atoms with Crippen LogP contribution in [0.5, 0.6) is 0 Å². The van der Waals surface area contributed by atoms with E-state index in [1.165, 1.54) is 15.7 Å². The molecule has 2 N–H and O–H groups in total. The van der Waals surface area contributed by atoms with E-state index < -0.39 is 0 Å². The molecule has 2 aromatic rings. The van der Waals surface area contributed by atoms with Crippen molar-refractivity contribution in [1.82, 2.24) is 0 Å². The van der Waals surface area contributed by atoms with Gasteiger partial charge in [-0.2, -0.15) is 0 Å². The first kappa shape index (κ1) is 10.5. The van der Waals surface area contributed by atoms with Gasteiger partial charge in [0.1, 0.15) is 0 Å². The number of fused-ring (bicyclic) bond motifs is 1. The van der Waals surface area contributed by atoms with Crippen molar-refractivity contribution < 1.29 is 0 Å². The molecule has 2 heteroatoms. The quantitative estimate of drug-likeness (QED) is 0.628. The fourth-order valence-corrected chi connectivity index (χ4v) is 2.45. The third-order valence-electron chi connectivity index (χ3n) is 2.34. The Morgan fingerprint density at radius 1 is 1.00 bits per heavy atom. The van der Waals surface area contributed by atoms with Crippen molar-refractivity contribution in [3.63, 3.8) is 0 Å². The van der Waals surface area contributed by atoms with Crippen molar-refractivity contribution in [2.45, 2.75) is 11.3 Å². The molecule has 0 saturated carbocycles. The number of hydrogen-bond donors (Lipinski definition) is 1. The Balaban J connectivity index is 2.16. The van der Waals surface area contributed by atoms with Crippen molar-refractivity contribution in [2.75, 3.05) is 12.3 Å². The zero-order valence-electron chi connectivity index (χ0n) is 8.65. The van der Waals surface area contributed by atoms with Crippen LogP contribution in [0.1, 0.15) is 6.42 Å². The van der Waals surface area contributed by atoms with E-state index >= 15 is 0 Å². The van der Waals surface area contributed by atoms with Crippen LogP contribution in [0.3, 0.4) is 0 Å². The number of nitrogens with two attached hydrogens (primary N) is 1. The molecular weight excluding hydrogens is 202 g/mol. The molecular formula is C13H15NS. The summed E-state index contributed by atoms with van der Waals surface area (Å²) in [6, 6.07) is 15.1. The summed E-state index contributed by atoms with van der Waals surface area (Å²) in [5.41, 5.74) is 5.47. The average molecular weight is 217 g/mol. The molecule has 0 fully saturated rings. The van der Waals surface area contributed by atoms with Crippen molar-refractivity contribution >= 4 is 22.5 Å². The highest BCUT2D eigenvalue weighted by molar-refractivity contribution is 7.99. The summed E-state index contributed by atoms with van der Waals surface area (Å²) in [4.78, 5) is 1.34. The molecule has 0 radical (unpaired) electrons. The summed E-state index contributed by atoms with van der Waals surface area (Å²) in [6.07, 6.45) is 1.08. The lowest BCUT2D eigenvalue weighted by molar-refractivity contribution is 0.943. The minimum Gasteiger partial charge on any atom is -0.330 e. The molecule has 78 valence electrons. The van der Waals surface area contributed by atoms with Crippen molar-refractivity contribution in [1.29, 1.82) is 0 Å². The molecule has 0 saturated heterocycles. The Labute approximate surface area is 94.7 Å². The number of rotatable bonds is 4. The molecule has 15 heavy (non-hydrogen) atoms. The SMILES string of the molecule is NCCCSc1ccc2ccccc2c1. The van der Waals surface area contributed by atoms with E-state index in [0.717, 1.165) is 18.7 Å². The number of hydrogen-bond acceptors (Lipinski definition) is 2. The van der Waals surface area contributed by atoms with Gasteiger partial charge in [-0.15, -0.1) is 11.8 Å². The lowest BCUT2D eigenvalue weighted by Gasteiger charge is -2.02. The maximum absolute atomic E-state index is 5.47. The van der Waals surface area contributed by atoms with Crippen LogP contribution in [0.2, 0.25) is 0 Å². The first-order valence-corrected chi connectivity index (χ1v) is 6.20. The first-order valence-electron chi connectivity index (χ1n) is 5.22. The van der Waals surface area contributed by atoms with Crippen molar-refractivity contribution in [3.05, 3.63) is 42.5 Å². The van der Waals surface area contributed by atoms with Gasteiger partial charge < -0.3 is 5.73 Å². The predicted octanol–water partition coefficient (Wildman–Crippen LogP) is 3.28. The van der Waals surface area contributed by atoms with Gasteiger partial charge in [-0.1, -0.05) is 30.3 Å². The Morgan fingerprint density at radius 3 is 2.60 bits per heavy atom. The molecule has 0 unspecified atom stereocenters. The normalized spacial score (nSPS) is 10.7. The Bertz CT molecular complexity index is 439. The van der Waals surface area contributed by atoms with Gasteiger partial charge in [0.25, 0.3) is 0 Å². The minimum absolute atomic E-state index is 0.778. The van der Waals surface area contributed by atoms with Crippen molar-refractivity contribution in [3.8, 4) is 0 Å². The second-order valence-corrected chi connectivity index (χ2v) is 4.67. The molecule has 0 amide bonds. The zero-order valence-corrected chi connectivity index (χ0v) is 9.46. The Morgan fingerprint density at radius 2 is 1.80 bits per heavy atom. The molecule has 0 aromatic heterocycles. The fraction of sp³-hybridized carbons (Fsp3) is 0.231. The molecule has 0 spiro atoms. The van der Waals surface area contributed by atoms with Crippen LogP contribution in [0.4, 0.5) is 0 Å². The topological polar surface area (TPSA) is 26.0 Å². The zero-order chi connectivity index (χ0) is 10.5. The number of thioether (sulfide) groups is 1. The molecule has 0 bridgehead atoms. The minimum atomic E-state index is 0.778. The highest BCUT2D eigenvalue weighted by Crippen LogP contribution is 2.23. The van der Waals surface area contributed by atoms with Crippen LogP contribution in [0.25, 0.3) is 10.8 Å². The molecule has 0 heterocycles. The second kappa shape index (κ2) is 5.19. The third kappa shape index (κ3) is 2.74. The van der Waals surface area contributed by atoms with E-state index in [9.17, 15) is 0 Å². The molecule has 0 atom stereocenters. The van der Waals surface area contributed by atoms with Crippen LogP contribution in [0, 0.1) is 0 Å². The van der Waals surface area contributed by atoms with Gasteiger partial charge in [-0.3, -0.25) is 0 Å². The van der Waals surface area contributed by atoms with Gasteiger partial charge in [0.15, 0.2) is 0 Å². The summed E-state index contributed by atoms with van der Waals surface area (Å²) in [5, 5.41) is 2.62. The van der Waals surface area contributed by atoms with Crippen LogP contribution in [0.15, 0.2) is 47.4 Å². The molecule has 2 aromatic carbocycles. The summed E-state index contributed by atoms with van der Waals surface area (Å²) >= 11 is 1.88. The van der Waals surface area contributed by atoms with E-state index in [0.29, 0.717) is 0 Å². The van der Waals surface area contributed by atoms with Crippen molar-refractivity contribution in [2.24, 2.45) is 5.73 Å². The van der Waals surface area contributed by atoms with Gasteiger partial charge in [0.2, 0.25) is 0 Å². The highest BCUT2D eigenvalue weighted by Gasteiger charge is 1.96. The largest absolute Gasteiger partial charge is 0.330 e. The predicted molar refractivity (Wildman–Crippen MR) is 68.3 cm³/mol. The van der Waals surface area contributed by atoms with Gasteiger partial charge in [0, 0.05) is 4.90 Å². The lowest BCUT2D eigenvalue weighted by Crippen LogP contribution is -1.99. The molecule has 2 rings (SSSR count). The van der Waals surface area contributed by atoms with Gasteiger partial charge >= 0.3 is 0 Å². The van der Waals surface area contributed by atoms with E-state index in [4.69, 9.17) is 5.73 Å². The summed E-state index contributed by atoms with van der Waals surface area (Å²) in [6.45, 7) is 0.778. The first-order chi connectivity index (χ1) is 7.40. The fourth-order valence-electron chi connectivity index (χ4n) is 1.53. The lowest BCUT2D eigenvalue weighted by atomic mass is 10.1. The van der Waals surface area contributed by atoms with E-state index in [-0.39, 0.29) is 0 Å². The molecule has 0 aliphatic carbocycles.